The van der Waals surface area contributed by atoms with E-state index in [1.807, 2.05) is 20.8 Å². The molecule has 112 valence electrons. The zero-order chi connectivity index (χ0) is 14.8. The SMILES string of the molecule is CC(C)(C)C(CC(=O)O)n1nnnc1CC1CCCO1. The highest BCUT2D eigenvalue weighted by atomic mass is 16.5. The Bertz CT molecular complexity index is 460. The third-order valence-corrected chi connectivity index (χ3v) is 3.66. The van der Waals surface area contributed by atoms with E-state index in [-0.39, 0.29) is 24.0 Å². The van der Waals surface area contributed by atoms with E-state index < -0.39 is 5.97 Å². The molecule has 0 aromatic carbocycles. The van der Waals surface area contributed by atoms with E-state index in [9.17, 15) is 4.79 Å². The highest BCUT2D eigenvalue weighted by Crippen LogP contribution is 2.33. The average Bonchev–Trinajstić information content (AvgIpc) is 2.96. The highest BCUT2D eigenvalue weighted by molar-refractivity contribution is 5.67. The number of aliphatic carboxylic acids is 1. The maximum atomic E-state index is 11.1. The molecule has 0 saturated carbocycles. The lowest BCUT2D eigenvalue weighted by Crippen LogP contribution is -2.30. The molecule has 0 bridgehead atoms. The van der Waals surface area contributed by atoms with E-state index in [0.717, 1.165) is 19.4 Å². The predicted octanol–water partition coefficient (Wildman–Crippen LogP) is 1.46. The van der Waals surface area contributed by atoms with E-state index >= 15 is 0 Å². The Balaban J connectivity index is 2.20. The monoisotopic (exact) mass is 282 g/mol. The van der Waals surface area contributed by atoms with Crippen molar-refractivity contribution in [3.63, 3.8) is 0 Å². The van der Waals surface area contributed by atoms with Crippen LogP contribution in [0.1, 0.15) is 51.9 Å². The molecule has 1 aliphatic heterocycles. The number of ether oxygens (including phenoxy) is 1. The summed E-state index contributed by atoms with van der Waals surface area (Å²) in [6.45, 7) is 6.78. The second-order valence-corrected chi connectivity index (χ2v) is 6.36. The minimum Gasteiger partial charge on any atom is -0.481 e. The second kappa shape index (κ2) is 5.87. The molecular formula is C13H22N4O3. The number of rotatable bonds is 5. The maximum absolute atomic E-state index is 11.1. The molecule has 20 heavy (non-hydrogen) atoms. The fraction of sp³-hybridized carbons (Fsp3) is 0.846. The number of nitrogens with zero attached hydrogens (tertiary/aromatic N) is 4. The van der Waals surface area contributed by atoms with Crippen molar-refractivity contribution in [1.29, 1.82) is 0 Å². The van der Waals surface area contributed by atoms with Crippen molar-refractivity contribution >= 4 is 5.97 Å². The van der Waals surface area contributed by atoms with Gasteiger partial charge in [0.05, 0.1) is 18.6 Å². The Hall–Kier alpha value is -1.50. The van der Waals surface area contributed by atoms with Gasteiger partial charge in [0.2, 0.25) is 0 Å². The van der Waals surface area contributed by atoms with Crippen molar-refractivity contribution in [1.82, 2.24) is 20.2 Å². The largest absolute Gasteiger partial charge is 0.481 e. The fourth-order valence-electron chi connectivity index (χ4n) is 2.52. The zero-order valence-electron chi connectivity index (χ0n) is 12.2. The van der Waals surface area contributed by atoms with Gasteiger partial charge in [-0.3, -0.25) is 4.79 Å². The minimum atomic E-state index is -0.844. The lowest BCUT2D eigenvalue weighted by Gasteiger charge is -2.30. The fourth-order valence-corrected chi connectivity index (χ4v) is 2.52. The Morgan fingerprint density at radius 1 is 1.55 bits per heavy atom. The first-order chi connectivity index (χ1) is 9.38. The molecule has 2 unspecified atom stereocenters. The number of carbonyl (C=O) groups is 1. The van der Waals surface area contributed by atoms with Gasteiger partial charge in [-0.05, 0) is 28.7 Å². The van der Waals surface area contributed by atoms with Crippen LogP contribution >= 0.6 is 0 Å². The smallest absolute Gasteiger partial charge is 0.305 e. The van der Waals surface area contributed by atoms with Crippen molar-refractivity contribution in [2.75, 3.05) is 6.61 Å². The van der Waals surface area contributed by atoms with Gasteiger partial charge < -0.3 is 9.84 Å². The summed E-state index contributed by atoms with van der Waals surface area (Å²) >= 11 is 0. The van der Waals surface area contributed by atoms with Crippen LogP contribution in [0.4, 0.5) is 0 Å². The van der Waals surface area contributed by atoms with E-state index in [2.05, 4.69) is 15.5 Å². The number of carboxylic acids is 1. The van der Waals surface area contributed by atoms with Crippen LogP contribution in [0.3, 0.4) is 0 Å². The maximum Gasteiger partial charge on any atom is 0.305 e. The molecule has 2 atom stereocenters. The van der Waals surface area contributed by atoms with Gasteiger partial charge in [0.25, 0.3) is 0 Å². The lowest BCUT2D eigenvalue weighted by atomic mass is 9.84. The Kier molecular flexibility index (Phi) is 4.37. The summed E-state index contributed by atoms with van der Waals surface area (Å²) in [5.41, 5.74) is -0.237. The number of hydrogen-bond donors (Lipinski definition) is 1. The van der Waals surface area contributed by atoms with Crippen molar-refractivity contribution in [3.05, 3.63) is 5.82 Å². The van der Waals surface area contributed by atoms with Gasteiger partial charge in [-0.2, -0.15) is 0 Å². The molecule has 0 spiro atoms. The molecule has 1 aromatic rings. The summed E-state index contributed by atoms with van der Waals surface area (Å²) in [5.74, 6) is -0.137. The van der Waals surface area contributed by atoms with Gasteiger partial charge >= 0.3 is 5.97 Å². The summed E-state index contributed by atoms with van der Waals surface area (Å²) in [7, 11) is 0. The third kappa shape index (κ3) is 3.53. The van der Waals surface area contributed by atoms with E-state index in [0.29, 0.717) is 12.2 Å². The molecule has 0 aliphatic carbocycles. The van der Waals surface area contributed by atoms with Crippen LogP contribution < -0.4 is 0 Å². The predicted molar refractivity (Wildman–Crippen MR) is 71.2 cm³/mol. The van der Waals surface area contributed by atoms with Crippen molar-refractivity contribution in [3.8, 4) is 0 Å². The molecule has 7 nitrogen and oxygen atoms in total. The number of carboxylic acid groups (broad SMARTS) is 1. The number of aromatic nitrogens is 4. The minimum absolute atomic E-state index is 0.00701. The van der Waals surface area contributed by atoms with Crippen LogP contribution in [0.5, 0.6) is 0 Å². The molecule has 0 amide bonds. The van der Waals surface area contributed by atoms with Gasteiger partial charge in [-0.15, -0.1) is 5.10 Å². The van der Waals surface area contributed by atoms with Crippen LogP contribution in [0.15, 0.2) is 0 Å². The molecule has 1 saturated heterocycles. The van der Waals surface area contributed by atoms with Crippen LogP contribution in [0.25, 0.3) is 0 Å². The topological polar surface area (TPSA) is 90.1 Å². The highest BCUT2D eigenvalue weighted by Gasteiger charge is 2.32. The quantitative estimate of drug-likeness (QED) is 0.879. The van der Waals surface area contributed by atoms with Crippen LogP contribution in [-0.4, -0.2) is 44.0 Å². The first-order valence-electron chi connectivity index (χ1n) is 6.98. The van der Waals surface area contributed by atoms with Gasteiger partial charge in [-0.25, -0.2) is 4.68 Å². The molecule has 1 N–H and O–H groups in total. The summed E-state index contributed by atoms with van der Waals surface area (Å²) in [6, 6.07) is -0.272. The van der Waals surface area contributed by atoms with Gasteiger partial charge in [0.1, 0.15) is 0 Å². The third-order valence-electron chi connectivity index (χ3n) is 3.66. The first kappa shape index (κ1) is 14.9. The van der Waals surface area contributed by atoms with E-state index in [1.54, 1.807) is 4.68 Å². The summed E-state index contributed by atoms with van der Waals surface area (Å²) in [5, 5.41) is 20.9. The first-order valence-corrected chi connectivity index (χ1v) is 6.98. The standard InChI is InChI=1S/C13H22N4O3/c1-13(2,3)10(8-12(18)19)17-11(14-15-16-17)7-9-5-4-6-20-9/h9-10H,4-8H2,1-3H3,(H,18,19). The van der Waals surface area contributed by atoms with Crippen molar-refractivity contribution < 1.29 is 14.6 Å². The molecule has 2 heterocycles. The lowest BCUT2D eigenvalue weighted by molar-refractivity contribution is -0.138. The number of hydrogen-bond acceptors (Lipinski definition) is 5. The van der Waals surface area contributed by atoms with Gasteiger partial charge in [-0.1, -0.05) is 20.8 Å². The second-order valence-electron chi connectivity index (χ2n) is 6.36. The molecule has 1 aliphatic rings. The summed E-state index contributed by atoms with van der Waals surface area (Å²) < 4.78 is 7.26. The van der Waals surface area contributed by atoms with Crippen molar-refractivity contribution in [2.45, 2.75) is 58.6 Å². The van der Waals surface area contributed by atoms with Crippen LogP contribution in [0, 0.1) is 5.41 Å². The molecule has 0 radical (unpaired) electrons. The van der Waals surface area contributed by atoms with Crippen molar-refractivity contribution in [2.24, 2.45) is 5.41 Å². The summed E-state index contributed by atoms with van der Waals surface area (Å²) in [4.78, 5) is 11.1. The van der Waals surface area contributed by atoms with Crippen LogP contribution in [0.2, 0.25) is 0 Å². The molecule has 1 aromatic heterocycles. The van der Waals surface area contributed by atoms with Gasteiger partial charge in [0, 0.05) is 13.0 Å². The Labute approximate surface area is 118 Å². The van der Waals surface area contributed by atoms with Gasteiger partial charge in [0.15, 0.2) is 5.82 Å². The molecule has 1 fully saturated rings. The Morgan fingerprint density at radius 3 is 2.85 bits per heavy atom. The van der Waals surface area contributed by atoms with E-state index in [4.69, 9.17) is 9.84 Å². The summed E-state index contributed by atoms with van der Waals surface area (Å²) in [6.07, 6.45) is 2.85. The van der Waals surface area contributed by atoms with Crippen LogP contribution in [-0.2, 0) is 16.0 Å². The molecule has 7 heteroatoms. The molecule has 2 rings (SSSR count). The Morgan fingerprint density at radius 2 is 2.30 bits per heavy atom. The normalized spacial score (nSPS) is 21.1. The zero-order valence-corrected chi connectivity index (χ0v) is 12.2. The number of tetrazole rings is 1. The molecular weight excluding hydrogens is 260 g/mol. The van der Waals surface area contributed by atoms with E-state index in [1.165, 1.54) is 0 Å². The average molecular weight is 282 g/mol.